The fraction of sp³-hybridized carbons (Fsp3) is 0.778. The molecule has 1 saturated heterocycles. The molecule has 2 heterocycles. The molecule has 23 heavy (non-hydrogen) atoms. The number of nitrogens with zero attached hydrogens (tertiary/aromatic N) is 2. The highest BCUT2D eigenvalue weighted by Gasteiger charge is 2.52. The summed E-state index contributed by atoms with van der Waals surface area (Å²) in [6.07, 6.45) is 8.64. The Morgan fingerprint density at radius 3 is 2.70 bits per heavy atom. The number of amides is 2. The quantitative estimate of drug-likeness (QED) is 0.913. The number of aryl methyl sites for hydroxylation is 1. The van der Waals surface area contributed by atoms with Crippen LogP contribution in [0.15, 0.2) is 4.52 Å². The Hall–Kier alpha value is -1.52. The summed E-state index contributed by atoms with van der Waals surface area (Å²) in [5, 5.41) is 7.26. The number of fused-ring (bicyclic) bond motifs is 6. The second-order valence-corrected chi connectivity index (χ2v) is 7.96. The van der Waals surface area contributed by atoms with Crippen LogP contribution >= 0.6 is 0 Å². The molecular weight excluding hydrogens is 290 g/mol. The first-order valence-electron chi connectivity index (χ1n) is 9.28. The van der Waals surface area contributed by atoms with Gasteiger partial charge in [0.15, 0.2) is 0 Å². The van der Waals surface area contributed by atoms with Crippen molar-refractivity contribution in [3.05, 3.63) is 17.0 Å². The number of hydrogen-bond donors (Lipinski definition) is 1. The van der Waals surface area contributed by atoms with Crippen LogP contribution in [-0.4, -0.2) is 29.2 Å². The molecule has 1 N–H and O–H groups in total. The summed E-state index contributed by atoms with van der Waals surface area (Å²) in [4.78, 5) is 14.6. The van der Waals surface area contributed by atoms with Gasteiger partial charge in [-0.25, -0.2) is 4.79 Å². The van der Waals surface area contributed by atoms with Gasteiger partial charge in [-0.15, -0.1) is 0 Å². The molecule has 0 spiro atoms. The third kappa shape index (κ3) is 2.19. The monoisotopic (exact) mass is 315 g/mol. The molecule has 0 radical (unpaired) electrons. The zero-order valence-corrected chi connectivity index (χ0v) is 13.6. The predicted octanol–water partition coefficient (Wildman–Crippen LogP) is 2.74. The van der Waals surface area contributed by atoms with E-state index < -0.39 is 0 Å². The summed E-state index contributed by atoms with van der Waals surface area (Å²) in [6.45, 7) is 2.44. The van der Waals surface area contributed by atoms with Crippen molar-refractivity contribution in [3.63, 3.8) is 0 Å². The van der Waals surface area contributed by atoms with Gasteiger partial charge in [0.1, 0.15) is 11.5 Å². The van der Waals surface area contributed by atoms with Crippen LogP contribution in [-0.2, 0) is 19.4 Å². The van der Waals surface area contributed by atoms with Gasteiger partial charge in [-0.3, -0.25) is 0 Å². The third-order valence-electron chi connectivity index (χ3n) is 6.86. The number of rotatable bonds is 2. The number of nitrogens with one attached hydrogen (secondary N) is 1. The Kier molecular flexibility index (Phi) is 3.17. The maximum absolute atomic E-state index is 12.5. The predicted molar refractivity (Wildman–Crippen MR) is 84.8 cm³/mol. The van der Waals surface area contributed by atoms with Crippen molar-refractivity contribution >= 4 is 6.03 Å². The fourth-order valence-electron chi connectivity index (χ4n) is 5.71. The van der Waals surface area contributed by atoms with Crippen LogP contribution < -0.4 is 5.32 Å². The first kappa shape index (κ1) is 13.9. The Morgan fingerprint density at radius 1 is 1.17 bits per heavy atom. The Bertz CT molecular complexity index is 608. The van der Waals surface area contributed by atoms with Crippen molar-refractivity contribution in [2.75, 3.05) is 13.1 Å². The van der Waals surface area contributed by atoms with Gasteiger partial charge in [-0.2, -0.15) is 0 Å². The average Bonchev–Trinajstić information content (AvgIpc) is 3.32. The topological polar surface area (TPSA) is 58.4 Å². The van der Waals surface area contributed by atoms with Crippen molar-refractivity contribution in [1.29, 1.82) is 0 Å². The van der Waals surface area contributed by atoms with Crippen molar-refractivity contribution < 1.29 is 9.32 Å². The Labute approximate surface area is 136 Å². The van der Waals surface area contributed by atoms with E-state index in [1.165, 1.54) is 37.7 Å². The number of carbonyl (C=O) groups excluding carboxylic acids is 1. The molecule has 5 rings (SSSR count). The molecule has 5 heteroatoms. The summed E-state index contributed by atoms with van der Waals surface area (Å²) in [7, 11) is 0. The maximum Gasteiger partial charge on any atom is 0.317 e. The lowest BCUT2D eigenvalue weighted by Crippen LogP contribution is -2.39. The van der Waals surface area contributed by atoms with Gasteiger partial charge in [0, 0.05) is 25.1 Å². The van der Waals surface area contributed by atoms with Crippen LogP contribution in [0, 0.1) is 23.7 Å². The molecule has 4 atom stereocenters. The molecule has 2 bridgehead atoms. The minimum absolute atomic E-state index is 0.0892. The van der Waals surface area contributed by atoms with E-state index in [9.17, 15) is 4.79 Å². The first-order valence-corrected chi connectivity index (χ1v) is 9.28. The first-order chi connectivity index (χ1) is 11.3. The van der Waals surface area contributed by atoms with Crippen LogP contribution in [0.4, 0.5) is 4.79 Å². The number of hydrogen-bond acceptors (Lipinski definition) is 3. The SMILES string of the molecule is O=C(NCc1noc2c1CCCC2)N1CC2C3CCC(C3)C2C1. The number of urea groups is 1. The van der Waals surface area contributed by atoms with Crippen LogP contribution in [0.5, 0.6) is 0 Å². The van der Waals surface area contributed by atoms with Gasteiger partial charge in [-0.1, -0.05) is 5.16 Å². The van der Waals surface area contributed by atoms with Crippen LogP contribution in [0.2, 0.25) is 0 Å². The van der Waals surface area contributed by atoms with E-state index >= 15 is 0 Å². The van der Waals surface area contributed by atoms with Gasteiger partial charge < -0.3 is 14.7 Å². The van der Waals surface area contributed by atoms with Crippen molar-refractivity contribution in [1.82, 2.24) is 15.4 Å². The highest BCUT2D eigenvalue weighted by Crippen LogP contribution is 2.55. The van der Waals surface area contributed by atoms with Gasteiger partial charge in [0.05, 0.1) is 6.54 Å². The van der Waals surface area contributed by atoms with Crippen LogP contribution in [0.1, 0.15) is 49.1 Å². The van der Waals surface area contributed by atoms with E-state index in [0.717, 1.165) is 61.1 Å². The summed E-state index contributed by atoms with van der Waals surface area (Å²) < 4.78 is 5.43. The Balaban J connectivity index is 1.21. The molecule has 124 valence electrons. The Morgan fingerprint density at radius 2 is 1.91 bits per heavy atom. The molecule has 4 unspecified atom stereocenters. The zero-order valence-electron chi connectivity index (χ0n) is 13.6. The smallest absolute Gasteiger partial charge is 0.317 e. The minimum atomic E-state index is 0.0892. The molecule has 1 aromatic heterocycles. The molecule has 5 nitrogen and oxygen atoms in total. The maximum atomic E-state index is 12.5. The molecule has 0 aromatic carbocycles. The second kappa shape index (κ2) is 5.25. The number of aromatic nitrogens is 1. The van der Waals surface area contributed by atoms with Gasteiger partial charge in [0.2, 0.25) is 0 Å². The largest absolute Gasteiger partial charge is 0.361 e. The normalized spacial score (nSPS) is 34.5. The average molecular weight is 315 g/mol. The van der Waals surface area contributed by atoms with Gasteiger partial charge >= 0.3 is 6.03 Å². The third-order valence-corrected chi connectivity index (χ3v) is 6.86. The lowest BCUT2D eigenvalue weighted by molar-refractivity contribution is 0.202. The van der Waals surface area contributed by atoms with Crippen molar-refractivity contribution in [3.8, 4) is 0 Å². The van der Waals surface area contributed by atoms with Gasteiger partial charge in [0.25, 0.3) is 0 Å². The van der Waals surface area contributed by atoms with E-state index in [-0.39, 0.29) is 6.03 Å². The zero-order chi connectivity index (χ0) is 15.4. The molecule has 1 aliphatic heterocycles. The molecule has 2 amide bonds. The molecular formula is C18H25N3O2. The summed E-state index contributed by atoms with van der Waals surface area (Å²) >= 11 is 0. The van der Waals surface area contributed by atoms with Crippen LogP contribution in [0.25, 0.3) is 0 Å². The number of likely N-dealkylation sites (tertiary alicyclic amines) is 1. The number of carbonyl (C=O) groups is 1. The van der Waals surface area contributed by atoms with Crippen molar-refractivity contribution in [2.24, 2.45) is 23.7 Å². The van der Waals surface area contributed by atoms with E-state index in [2.05, 4.69) is 10.5 Å². The molecule has 3 aliphatic carbocycles. The second-order valence-electron chi connectivity index (χ2n) is 7.96. The van der Waals surface area contributed by atoms with Gasteiger partial charge in [-0.05, 0) is 62.2 Å². The van der Waals surface area contributed by atoms with Crippen molar-refractivity contribution in [2.45, 2.75) is 51.5 Å². The van der Waals surface area contributed by atoms with E-state index in [0.29, 0.717) is 6.54 Å². The van der Waals surface area contributed by atoms with E-state index in [4.69, 9.17) is 4.52 Å². The lowest BCUT2D eigenvalue weighted by Gasteiger charge is -2.22. The van der Waals surface area contributed by atoms with E-state index in [1.807, 2.05) is 4.90 Å². The lowest BCUT2D eigenvalue weighted by atomic mass is 9.82. The highest BCUT2D eigenvalue weighted by atomic mass is 16.5. The molecule has 2 saturated carbocycles. The molecule has 4 aliphatic rings. The van der Waals surface area contributed by atoms with E-state index in [1.54, 1.807) is 0 Å². The summed E-state index contributed by atoms with van der Waals surface area (Å²) in [5.41, 5.74) is 2.18. The molecule has 3 fully saturated rings. The standard InChI is InChI=1S/C18H25N3O2/c22-18(19-8-16-13-3-1-2-4-17(13)23-20-16)21-9-14-11-5-6-12(7-11)15(14)10-21/h11-12,14-15H,1-10H2,(H,19,22). The fourth-order valence-corrected chi connectivity index (χ4v) is 5.71. The van der Waals surface area contributed by atoms with Crippen LogP contribution in [0.3, 0.4) is 0 Å². The molecule has 1 aromatic rings. The minimum Gasteiger partial charge on any atom is -0.361 e. The summed E-state index contributed by atoms with van der Waals surface area (Å²) in [5.74, 6) is 4.38. The summed E-state index contributed by atoms with van der Waals surface area (Å²) in [6, 6.07) is 0.0892. The highest BCUT2D eigenvalue weighted by molar-refractivity contribution is 5.74.